The summed E-state index contributed by atoms with van der Waals surface area (Å²) in [6.07, 6.45) is 1.02. The molecule has 0 spiro atoms. The number of hydrogen-bond acceptors (Lipinski definition) is 5. The maximum absolute atomic E-state index is 10.0. The number of carbonyl (C=O) groups is 3. The van der Waals surface area contributed by atoms with E-state index in [-0.39, 0.29) is 25.3 Å². The van der Waals surface area contributed by atoms with Gasteiger partial charge in [-0.15, -0.1) is 0 Å². The smallest absolute Gasteiger partial charge is 0.322 e. The van der Waals surface area contributed by atoms with Crippen molar-refractivity contribution in [3.05, 3.63) is 0 Å². The molecule has 0 saturated heterocycles. The average Bonchev–Trinajstić information content (AvgIpc) is 2.31. The number of aliphatic imine (C=N–C) groups is 1. The zero-order valence-corrected chi connectivity index (χ0v) is 10.9. The number of nitrogens with two attached hydrogens (primary N) is 3. The Kier molecular flexibility index (Phi) is 11.7. The van der Waals surface area contributed by atoms with Crippen LogP contribution in [0.25, 0.3) is 0 Å². The lowest BCUT2D eigenvalue weighted by Crippen LogP contribution is -2.35. The van der Waals surface area contributed by atoms with Crippen LogP contribution >= 0.6 is 0 Å². The van der Waals surface area contributed by atoms with Gasteiger partial charge in [0, 0.05) is 12.8 Å². The van der Waals surface area contributed by atoms with Gasteiger partial charge in [0.15, 0.2) is 5.96 Å². The van der Waals surface area contributed by atoms with E-state index in [4.69, 9.17) is 32.5 Å². The Morgan fingerprint density at radius 3 is 1.60 bits per heavy atom. The van der Waals surface area contributed by atoms with E-state index in [9.17, 15) is 14.4 Å². The highest BCUT2D eigenvalue weighted by atomic mass is 16.4. The van der Waals surface area contributed by atoms with Crippen LogP contribution in [0, 0.1) is 0 Å². The van der Waals surface area contributed by atoms with Crippen molar-refractivity contribution < 1.29 is 29.7 Å². The predicted octanol–water partition coefficient (Wildman–Crippen LogP) is -1.61. The molecule has 10 nitrogen and oxygen atoms in total. The molecular formula is C10H20N4O6. The average molecular weight is 292 g/mol. The fourth-order valence-electron chi connectivity index (χ4n) is 0.834. The van der Waals surface area contributed by atoms with Crippen LogP contribution in [-0.4, -0.2) is 51.8 Å². The molecule has 1 unspecified atom stereocenters. The number of aliphatic carboxylic acids is 3. The van der Waals surface area contributed by atoms with Crippen LogP contribution in [0.1, 0.15) is 25.7 Å². The molecule has 116 valence electrons. The van der Waals surface area contributed by atoms with E-state index >= 15 is 0 Å². The standard InChI is InChI=1S/C6H10O4.C4H10N4O2/c7-5(8)3-1-2-4-6(9)10;5-2(3(9)10)1-8-4(6)7/h1-4H2,(H,7,8)(H,9,10);2H,1,5H2,(H,9,10)(H4,6,7,8). The van der Waals surface area contributed by atoms with Gasteiger partial charge in [0.05, 0.1) is 6.54 Å². The third-order valence-corrected chi connectivity index (χ3v) is 1.82. The van der Waals surface area contributed by atoms with Crippen molar-refractivity contribution in [2.24, 2.45) is 22.2 Å². The van der Waals surface area contributed by atoms with Gasteiger partial charge in [0.1, 0.15) is 6.04 Å². The molecule has 0 amide bonds. The minimum absolute atomic E-state index is 0.0628. The van der Waals surface area contributed by atoms with E-state index in [1.54, 1.807) is 0 Å². The number of rotatable bonds is 8. The van der Waals surface area contributed by atoms with Crippen molar-refractivity contribution in [3.63, 3.8) is 0 Å². The van der Waals surface area contributed by atoms with E-state index in [1.165, 1.54) is 0 Å². The van der Waals surface area contributed by atoms with Crippen molar-refractivity contribution >= 4 is 23.9 Å². The molecule has 0 aliphatic carbocycles. The van der Waals surface area contributed by atoms with Gasteiger partial charge in [-0.25, -0.2) is 0 Å². The molecule has 0 radical (unpaired) electrons. The summed E-state index contributed by atoms with van der Waals surface area (Å²) < 4.78 is 0. The molecule has 0 rings (SSSR count). The molecule has 0 aliphatic rings. The second-order valence-electron chi connectivity index (χ2n) is 3.70. The summed E-state index contributed by atoms with van der Waals surface area (Å²) in [4.78, 5) is 33.2. The van der Waals surface area contributed by atoms with Crippen LogP contribution in [0.15, 0.2) is 4.99 Å². The highest BCUT2D eigenvalue weighted by molar-refractivity contribution is 5.77. The normalized spacial score (nSPS) is 10.7. The van der Waals surface area contributed by atoms with E-state index in [1.807, 2.05) is 0 Å². The molecule has 20 heavy (non-hydrogen) atoms. The minimum Gasteiger partial charge on any atom is -0.481 e. The third kappa shape index (κ3) is 18.0. The minimum atomic E-state index is -1.12. The molecule has 9 N–H and O–H groups in total. The fraction of sp³-hybridized carbons (Fsp3) is 0.600. The first-order valence-electron chi connectivity index (χ1n) is 5.64. The predicted molar refractivity (Wildman–Crippen MR) is 70.0 cm³/mol. The Hall–Kier alpha value is -2.36. The first kappa shape index (κ1) is 20.0. The number of nitrogens with zero attached hydrogens (tertiary/aromatic N) is 1. The lowest BCUT2D eigenvalue weighted by molar-refractivity contribution is -0.139. The summed E-state index contributed by atoms with van der Waals surface area (Å²) in [5, 5.41) is 24.5. The Bertz CT molecular complexity index is 338. The Morgan fingerprint density at radius 2 is 1.35 bits per heavy atom. The monoisotopic (exact) mass is 292 g/mol. The van der Waals surface area contributed by atoms with Crippen molar-refractivity contribution in [2.75, 3.05) is 6.54 Å². The van der Waals surface area contributed by atoms with Gasteiger partial charge in [-0.05, 0) is 12.8 Å². The maximum atomic E-state index is 10.0. The molecule has 0 aromatic rings. The van der Waals surface area contributed by atoms with Crippen LogP contribution in [0.4, 0.5) is 0 Å². The number of carboxylic acid groups (broad SMARTS) is 3. The largest absolute Gasteiger partial charge is 0.481 e. The van der Waals surface area contributed by atoms with Crippen molar-refractivity contribution in [3.8, 4) is 0 Å². The van der Waals surface area contributed by atoms with Crippen molar-refractivity contribution in [1.29, 1.82) is 0 Å². The van der Waals surface area contributed by atoms with Crippen molar-refractivity contribution in [1.82, 2.24) is 0 Å². The second kappa shape index (κ2) is 11.7. The van der Waals surface area contributed by atoms with Gasteiger partial charge in [0.2, 0.25) is 0 Å². The summed E-state index contributed by atoms with van der Waals surface area (Å²) in [6.45, 7) is -0.0856. The van der Waals surface area contributed by atoms with Gasteiger partial charge in [-0.2, -0.15) is 0 Å². The molecule has 1 atom stereocenters. The first-order valence-corrected chi connectivity index (χ1v) is 5.64. The fourth-order valence-corrected chi connectivity index (χ4v) is 0.834. The molecule has 0 heterocycles. The number of carboxylic acids is 3. The molecular weight excluding hydrogens is 272 g/mol. The quantitative estimate of drug-likeness (QED) is 0.173. The maximum Gasteiger partial charge on any atom is 0.322 e. The number of guanidine groups is 1. The molecule has 0 bridgehead atoms. The molecule has 10 heteroatoms. The lowest BCUT2D eigenvalue weighted by atomic mass is 10.2. The Labute approximate surface area is 115 Å². The van der Waals surface area contributed by atoms with Crippen LogP contribution < -0.4 is 17.2 Å². The number of hydrogen-bond donors (Lipinski definition) is 6. The zero-order valence-electron chi connectivity index (χ0n) is 10.9. The summed E-state index contributed by atoms with van der Waals surface area (Å²) in [5.41, 5.74) is 14.9. The highest BCUT2D eigenvalue weighted by Gasteiger charge is 2.09. The Morgan fingerprint density at radius 1 is 0.950 bits per heavy atom. The van der Waals surface area contributed by atoms with E-state index in [0.717, 1.165) is 0 Å². The van der Waals surface area contributed by atoms with E-state index < -0.39 is 23.9 Å². The summed E-state index contributed by atoms with van der Waals surface area (Å²) in [5.74, 6) is -3.02. The van der Waals surface area contributed by atoms with Gasteiger partial charge < -0.3 is 32.5 Å². The summed E-state index contributed by atoms with van der Waals surface area (Å²) >= 11 is 0. The zero-order chi connectivity index (χ0) is 16.1. The van der Waals surface area contributed by atoms with Crippen molar-refractivity contribution in [2.45, 2.75) is 31.7 Å². The molecule has 0 aromatic heterocycles. The lowest BCUT2D eigenvalue weighted by Gasteiger charge is -2.00. The number of unbranched alkanes of at least 4 members (excludes halogenated alkanes) is 1. The Balaban J connectivity index is 0. The van der Waals surface area contributed by atoms with Crippen LogP contribution in [0.3, 0.4) is 0 Å². The van der Waals surface area contributed by atoms with Gasteiger partial charge >= 0.3 is 17.9 Å². The topological polar surface area (TPSA) is 202 Å². The highest BCUT2D eigenvalue weighted by Crippen LogP contribution is 1.98. The SMILES string of the molecule is NC(N)=NCC(N)C(=O)O.O=C(O)CCCCC(=O)O. The van der Waals surface area contributed by atoms with Gasteiger partial charge in [0.25, 0.3) is 0 Å². The van der Waals surface area contributed by atoms with E-state index in [2.05, 4.69) is 4.99 Å². The van der Waals surface area contributed by atoms with Crippen LogP contribution in [0.2, 0.25) is 0 Å². The van der Waals surface area contributed by atoms with Crippen LogP contribution in [0.5, 0.6) is 0 Å². The molecule has 0 aliphatic heterocycles. The van der Waals surface area contributed by atoms with Gasteiger partial charge in [-0.3, -0.25) is 19.4 Å². The molecule has 0 fully saturated rings. The summed E-state index contributed by atoms with van der Waals surface area (Å²) in [7, 11) is 0. The van der Waals surface area contributed by atoms with Crippen LogP contribution in [-0.2, 0) is 14.4 Å². The molecule has 0 aromatic carbocycles. The molecule has 0 saturated carbocycles. The van der Waals surface area contributed by atoms with E-state index in [0.29, 0.717) is 12.8 Å². The van der Waals surface area contributed by atoms with Gasteiger partial charge in [-0.1, -0.05) is 0 Å². The second-order valence-corrected chi connectivity index (χ2v) is 3.70. The first-order chi connectivity index (χ1) is 9.16. The summed E-state index contributed by atoms with van der Waals surface area (Å²) in [6, 6.07) is -1.03. The third-order valence-electron chi connectivity index (χ3n) is 1.82.